The number of hydrogen-bond acceptors (Lipinski definition) is 2. The highest BCUT2D eigenvalue weighted by Gasteiger charge is 2.15. The van der Waals surface area contributed by atoms with Gasteiger partial charge >= 0.3 is 6.61 Å². The Labute approximate surface area is 204 Å². The van der Waals surface area contributed by atoms with Crippen molar-refractivity contribution in [3.8, 4) is 16.9 Å². The lowest BCUT2D eigenvalue weighted by Gasteiger charge is -2.22. The first-order valence-corrected chi connectivity index (χ1v) is 10.9. The molecule has 4 aromatic carbocycles. The maximum Gasteiger partial charge on any atom is 0.387 e. The molecule has 0 fully saturated rings. The molecule has 172 valence electrons. The van der Waals surface area contributed by atoms with Crippen LogP contribution in [0.1, 0.15) is 37.1 Å². The summed E-state index contributed by atoms with van der Waals surface area (Å²) in [4.78, 5) is 0. The SMILES string of the molecule is CC(N[C@H](C)c1cccc(Cl)c1)c1cc(-c2ccc(OC(F)F)cc2)c2ccccc2c1.Cl. The zero-order valence-corrected chi connectivity index (χ0v) is 19.8. The fourth-order valence-corrected chi connectivity index (χ4v) is 4.18. The highest BCUT2D eigenvalue weighted by atomic mass is 35.5. The maximum atomic E-state index is 12.5. The van der Waals surface area contributed by atoms with Gasteiger partial charge in [-0.1, -0.05) is 60.1 Å². The number of nitrogens with one attached hydrogen (secondary N) is 1. The molecule has 6 heteroatoms. The van der Waals surface area contributed by atoms with Crippen molar-refractivity contribution in [1.29, 1.82) is 0 Å². The Morgan fingerprint density at radius 1 is 0.788 bits per heavy atom. The summed E-state index contributed by atoms with van der Waals surface area (Å²) < 4.78 is 29.5. The monoisotopic (exact) mass is 487 g/mol. The van der Waals surface area contributed by atoms with Crippen LogP contribution in [0.15, 0.2) is 84.9 Å². The fourth-order valence-electron chi connectivity index (χ4n) is 3.98. The average Bonchev–Trinajstić information content (AvgIpc) is 2.78. The lowest BCUT2D eigenvalue weighted by Crippen LogP contribution is -2.22. The minimum absolute atomic E-state index is 0. The fraction of sp³-hybridized carbons (Fsp3) is 0.185. The third-order valence-corrected chi connectivity index (χ3v) is 5.86. The summed E-state index contributed by atoms with van der Waals surface area (Å²) in [5.74, 6) is 0.148. The molecule has 0 heterocycles. The van der Waals surface area contributed by atoms with E-state index in [4.69, 9.17) is 11.6 Å². The van der Waals surface area contributed by atoms with Crippen LogP contribution in [0, 0.1) is 0 Å². The van der Waals surface area contributed by atoms with Crippen molar-refractivity contribution < 1.29 is 13.5 Å². The second-order valence-corrected chi connectivity index (χ2v) is 8.29. The van der Waals surface area contributed by atoms with E-state index in [1.54, 1.807) is 12.1 Å². The highest BCUT2D eigenvalue weighted by Crippen LogP contribution is 2.34. The van der Waals surface area contributed by atoms with Gasteiger partial charge < -0.3 is 10.1 Å². The van der Waals surface area contributed by atoms with Gasteiger partial charge in [0.05, 0.1) is 0 Å². The summed E-state index contributed by atoms with van der Waals surface area (Å²) in [5, 5.41) is 6.60. The van der Waals surface area contributed by atoms with Crippen molar-refractivity contribution in [2.45, 2.75) is 32.5 Å². The zero-order valence-electron chi connectivity index (χ0n) is 18.3. The number of halogens is 4. The summed E-state index contributed by atoms with van der Waals surface area (Å²) in [6.07, 6.45) is 0. The van der Waals surface area contributed by atoms with E-state index >= 15 is 0 Å². The lowest BCUT2D eigenvalue weighted by molar-refractivity contribution is -0.0498. The van der Waals surface area contributed by atoms with Crippen molar-refractivity contribution in [2.24, 2.45) is 0 Å². The van der Waals surface area contributed by atoms with Gasteiger partial charge in [0, 0.05) is 17.1 Å². The Kier molecular flexibility index (Phi) is 8.30. The van der Waals surface area contributed by atoms with E-state index in [2.05, 4.69) is 54.2 Å². The summed E-state index contributed by atoms with van der Waals surface area (Å²) >= 11 is 6.16. The predicted octanol–water partition coefficient (Wildman–Crippen LogP) is 8.60. The van der Waals surface area contributed by atoms with Crippen LogP contribution in [0.25, 0.3) is 21.9 Å². The third kappa shape index (κ3) is 6.02. The van der Waals surface area contributed by atoms with Crippen LogP contribution in [0.2, 0.25) is 5.02 Å². The Bertz CT molecular complexity index is 1210. The lowest BCUT2D eigenvalue weighted by atomic mass is 9.93. The van der Waals surface area contributed by atoms with Gasteiger partial charge in [-0.3, -0.25) is 0 Å². The molecular formula is C27H25Cl2F2NO. The topological polar surface area (TPSA) is 21.3 Å². The van der Waals surface area contributed by atoms with Crippen molar-refractivity contribution >= 4 is 34.8 Å². The van der Waals surface area contributed by atoms with Gasteiger partial charge in [0.2, 0.25) is 0 Å². The molecule has 0 aliphatic carbocycles. The van der Waals surface area contributed by atoms with Gasteiger partial charge in [-0.25, -0.2) is 0 Å². The number of fused-ring (bicyclic) bond motifs is 1. The third-order valence-electron chi connectivity index (χ3n) is 5.62. The van der Waals surface area contributed by atoms with E-state index in [0.717, 1.165) is 38.0 Å². The number of hydrogen-bond donors (Lipinski definition) is 1. The van der Waals surface area contributed by atoms with Crippen LogP contribution in [0.3, 0.4) is 0 Å². The van der Waals surface area contributed by atoms with E-state index in [1.807, 2.05) is 42.5 Å². The molecule has 4 aromatic rings. The molecule has 0 aliphatic rings. The molecule has 1 N–H and O–H groups in total. The molecule has 0 saturated carbocycles. The van der Waals surface area contributed by atoms with E-state index in [1.165, 1.54) is 0 Å². The smallest absolute Gasteiger partial charge is 0.387 e. The summed E-state index contributed by atoms with van der Waals surface area (Å²) in [6, 6.07) is 27.4. The van der Waals surface area contributed by atoms with E-state index in [0.29, 0.717) is 0 Å². The van der Waals surface area contributed by atoms with Gasteiger partial charge in [0.1, 0.15) is 5.75 Å². The first-order valence-electron chi connectivity index (χ1n) is 10.5. The number of ether oxygens (including phenoxy) is 1. The molecule has 0 aliphatic heterocycles. The molecular weight excluding hydrogens is 463 g/mol. The molecule has 0 amide bonds. The largest absolute Gasteiger partial charge is 0.435 e. The van der Waals surface area contributed by atoms with E-state index in [-0.39, 0.29) is 30.2 Å². The average molecular weight is 488 g/mol. The molecule has 0 radical (unpaired) electrons. The van der Waals surface area contributed by atoms with Crippen molar-refractivity contribution in [1.82, 2.24) is 5.32 Å². The number of rotatable bonds is 7. The molecule has 0 bridgehead atoms. The molecule has 1 unspecified atom stereocenters. The summed E-state index contributed by atoms with van der Waals surface area (Å²) in [6.45, 7) is 1.42. The zero-order chi connectivity index (χ0) is 22.7. The van der Waals surface area contributed by atoms with Crippen LogP contribution in [0.4, 0.5) is 8.78 Å². The Hall–Kier alpha value is -2.66. The highest BCUT2D eigenvalue weighted by molar-refractivity contribution is 6.30. The standard InChI is InChI=1S/C27H24ClF2NO.ClH/c1-17(20-7-5-8-23(28)15-20)31-18(2)22-14-21-6-3-4-9-25(21)26(16-22)19-10-12-24(13-11-19)32-27(29)30;/h3-18,27,31H,1-2H3;1H/t17-,18?;/m1./s1. The molecule has 0 saturated heterocycles. The molecule has 2 atom stereocenters. The van der Waals surface area contributed by atoms with Crippen molar-refractivity contribution in [2.75, 3.05) is 0 Å². The number of alkyl halides is 2. The van der Waals surface area contributed by atoms with Crippen LogP contribution in [-0.2, 0) is 0 Å². The Balaban J connectivity index is 0.00000306. The number of benzene rings is 4. The van der Waals surface area contributed by atoms with E-state index in [9.17, 15) is 8.78 Å². The van der Waals surface area contributed by atoms with E-state index < -0.39 is 6.61 Å². The van der Waals surface area contributed by atoms with Crippen molar-refractivity contribution in [3.63, 3.8) is 0 Å². The molecule has 0 spiro atoms. The van der Waals surface area contributed by atoms with Crippen LogP contribution in [-0.4, -0.2) is 6.61 Å². The van der Waals surface area contributed by atoms with Crippen LogP contribution >= 0.6 is 24.0 Å². The van der Waals surface area contributed by atoms with Gasteiger partial charge in [0.15, 0.2) is 0 Å². The van der Waals surface area contributed by atoms with Crippen LogP contribution < -0.4 is 10.1 Å². The quantitative estimate of drug-likeness (QED) is 0.281. The first kappa shape index (κ1) is 25.0. The van der Waals surface area contributed by atoms with Crippen LogP contribution in [0.5, 0.6) is 5.75 Å². The summed E-state index contributed by atoms with van der Waals surface area (Å²) in [5.41, 5.74) is 4.26. The normalized spacial score (nSPS) is 12.9. The Morgan fingerprint density at radius 2 is 1.48 bits per heavy atom. The molecule has 4 rings (SSSR count). The Morgan fingerprint density at radius 3 is 2.18 bits per heavy atom. The second kappa shape index (κ2) is 11.0. The molecule has 2 nitrogen and oxygen atoms in total. The minimum atomic E-state index is -2.83. The predicted molar refractivity (Wildman–Crippen MR) is 135 cm³/mol. The van der Waals surface area contributed by atoms with Gasteiger partial charge in [-0.05, 0) is 83.3 Å². The second-order valence-electron chi connectivity index (χ2n) is 7.86. The van der Waals surface area contributed by atoms with Gasteiger partial charge in [0.25, 0.3) is 0 Å². The minimum Gasteiger partial charge on any atom is -0.435 e. The first-order chi connectivity index (χ1) is 15.4. The van der Waals surface area contributed by atoms with Crippen molar-refractivity contribution in [3.05, 3.63) is 101 Å². The van der Waals surface area contributed by atoms with Gasteiger partial charge in [-0.2, -0.15) is 8.78 Å². The molecule has 33 heavy (non-hydrogen) atoms. The van der Waals surface area contributed by atoms with Gasteiger partial charge in [-0.15, -0.1) is 12.4 Å². The molecule has 0 aromatic heterocycles. The summed E-state index contributed by atoms with van der Waals surface area (Å²) in [7, 11) is 0. The maximum absolute atomic E-state index is 12.5.